The van der Waals surface area contributed by atoms with E-state index < -0.39 is 6.04 Å². The molecule has 1 atom stereocenters. The Hall–Kier alpha value is -3.98. The van der Waals surface area contributed by atoms with E-state index in [4.69, 9.17) is 14.5 Å². The Morgan fingerprint density at radius 2 is 1.76 bits per heavy atom. The smallest absolute Gasteiger partial charge is 0.308 e. The van der Waals surface area contributed by atoms with Gasteiger partial charge in [0.15, 0.2) is 17.3 Å². The first-order chi connectivity index (χ1) is 17.8. The minimum Gasteiger partial charge on any atom is -0.504 e. The molecule has 0 aliphatic carbocycles. The van der Waals surface area contributed by atoms with Gasteiger partial charge in [-0.2, -0.15) is 0 Å². The molecule has 0 radical (unpaired) electrons. The number of carbonyl (C=O) groups excluding carboxylic acids is 1. The summed E-state index contributed by atoms with van der Waals surface area (Å²) in [5.74, 6) is 1.58. The molecule has 5 rings (SSSR count). The summed E-state index contributed by atoms with van der Waals surface area (Å²) in [6.07, 6.45) is 0.0772. The zero-order chi connectivity index (χ0) is 26.3. The molecular formula is C28H28N4O4S. The molecule has 1 aliphatic heterocycles. The standard InChI is InChI=1S/C28H28N4O4S/c1-6-36-24(34)14-21-27-31-30-17(4)32(27)28-25(15(2)16(3)37-28)26(29-21)19-9-7-18(8-10-19)20-11-12-22(33)23(13-20)35-5/h7-13,21,33H,6,14H2,1-5H3/t21-/m0/s1. The zero-order valence-electron chi connectivity index (χ0n) is 21.4. The molecule has 0 fully saturated rings. The summed E-state index contributed by atoms with van der Waals surface area (Å²) in [7, 11) is 1.53. The zero-order valence-corrected chi connectivity index (χ0v) is 22.2. The van der Waals surface area contributed by atoms with Gasteiger partial charge in [-0.05, 0) is 56.5 Å². The van der Waals surface area contributed by atoms with Gasteiger partial charge in [-0.15, -0.1) is 21.5 Å². The lowest BCUT2D eigenvalue weighted by atomic mass is 9.97. The van der Waals surface area contributed by atoms with Crippen molar-refractivity contribution in [3.63, 3.8) is 0 Å². The summed E-state index contributed by atoms with van der Waals surface area (Å²) >= 11 is 1.68. The van der Waals surface area contributed by atoms with Gasteiger partial charge in [-0.1, -0.05) is 30.3 Å². The van der Waals surface area contributed by atoms with Crippen molar-refractivity contribution in [3.8, 4) is 27.6 Å². The SMILES string of the molecule is CCOC(=O)C[C@@H]1N=C(c2ccc(-c3ccc(O)c(OC)c3)cc2)c2c(sc(C)c2C)-n2c(C)nnc21. The Balaban J connectivity index is 1.64. The van der Waals surface area contributed by atoms with Crippen LogP contribution >= 0.6 is 11.3 Å². The van der Waals surface area contributed by atoms with Gasteiger partial charge in [0.2, 0.25) is 0 Å². The average Bonchev–Trinajstić information content (AvgIpc) is 3.36. The molecule has 1 aliphatic rings. The number of hydrogen-bond acceptors (Lipinski definition) is 8. The fourth-order valence-electron chi connectivity index (χ4n) is 4.58. The lowest BCUT2D eigenvalue weighted by molar-refractivity contribution is -0.143. The third kappa shape index (κ3) is 4.40. The number of rotatable bonds is 6. The molecular weight excluding hydrogens is 488 g/mol. The first-order valence-corrected chi connectivity index (χ1v) is 12.9. The highest BCUT2D eigenvalue weighted by atomic mass is 32.1. The van der Waals surface area contributed by atoms with Gasteiger partial charge in [-0.3, -0.25) is 14.4 Å². The maximum absolute atomic E-state index is 12.5. The molecule has 2 aromatic carbocycles. The quantitative estimate of drug-likeness (QED) is 0.341. The molecule has 0 amide bonds. The highest BCUT2D eigenvalue weighted by Crippen LogP contribution is 2.40. The van der Waals surface area contributed by atoms with Crippen LogP contribution in [0.2, 0.25) is 0 Å². The van der Waals surface area contributed by atoms with Crippen molar-refractivity contribution in [2.75, 3.05) is 13.7 Å². The molecule has 0 spiro atoms. The predicted molar refractivity (Wildman–Crippen MR) is 143 cm³/mol. The maximum atomic E-state index is 12.5. The van der Waals surface area contributed by atoms with Crippen LogP contribution in [0, 0.1) is 20.8 Å². The van der Waals surface area contributed by atoms with Crippen molar-refractivity contribution in [2.24, 2.45) is 4.99 Å². The molecule has 1 N–H and O–H groups in total. The summed E-state index contributed by atoms with van der Waals surface area (Å²) < 4.78 is 12.5. The number of aliphatic imine (C=N–C) groups is 1. The monoisotopic (exact) mass is 516 g/mol. The number of aromatic hydroxyl groups is 1. The molecule has 8 nitrogen and oxygen atoms in total. The van der Waals surface area contributed by atoms with Crippen molar-refractivity contribution >= 4 is 23.0 Å². The number of aryl methyl sites for hydroxylation is 2. The Kier molecular flexibility index (Phi) is 6.55. The number of fused-ring (bicyclic) bond motifs is 3. The second kappa shape index (κ2) is 9.82. The van der Waals surface area contributed by atoms with Crippen LogP contribution in [0.3, 0.4) is 0 Å². The number of carbonyl (C=O) groups is 1. The van der Waals surface area contributed by atoms with E-state index in [1.807, 2.05) is 47.9 Å². The Bertz CT molecular complexity index is 1520. The van der Waals surface area contributed by atoms with E-state index in [1.54, 1.807) is 24.3 Å². The average molecular weight is 517 g/mol. The molecule has 9 heteroatoms. The highest BCUT2D eigenvalue weighted by molar-refractivity contribution is 7.15. The molecule has 3 heterocycles. The summed E-state index contributed by atoms with van der Waals surface area (Å²) in [4.78, 5) is 18.8. The van der Waals surface area contributed by atoms with Gasteiger partial charge in [-0.25, -0.2) is 0 Å². The molecule has 2 aromatic heterocycles. The highest BCUT2D eigenvalue weighted by Gasteiger charge is 2.32. The summed E-state index contributed by atoms with van der Waals surface area (Å²) in [6, 6.07) is 12.9. The number of benzene rings is 2. The number of esters is 1. The Morgan fingerprint density at radius 1 is 1.05 bits per heavy atom. The number of ether oxygens (including phenoxy) is 2. The van der Waals surface area contributed by atoms with Crippen LogP contribution in [0.25, 0.3) is 16.1 Å². The Labute approximate surface area is 219 Å². The van der Waals surface area contributed by atoms with Gasteiger partial charge in [0.1, 0.15) is 16.9 Å². The van der Waals surface area contributed by atoms with Crippen LogP contribution in [-0.4, -0.2) is 45.3 Å². The predicted octanol–water partition coefficient (Wildman–Crippen LogP) is 5.48. The Morgan fingerprint density at radius 3 is 2.46 bits per heavy atom. The van der Waals surface area contributed by atoms with Crippen molar-refractivity contribution in [1.82, 2.24) is 14.8 Å². The third-order valence-corrected chi connectivity index (χ3v) is 7.77. The van der Waals surface area contributed by atoms with Crippen LogP contribution in [0.15, 0.2) is 47.5 Å². The van der Waals surface area contributed by atoms with E-state index in [-0.39, 0.29) is 18.1 Å². The van der Waals surface area contributed by atoms with Crippen LogP contribution in [0.5, 0.6) is 11.5 Å². The lowest BCUT2D eigenvalue weighted by Gasteiger charge is -2.13. The molecule has 37 heavy (non-hydrogen) atoms. The number of nitrogens with zero attached hydrogens (tertiary/aromatic N) is 4. The summed E-state index contributed by atoms with van der Waals surface area (Å²) in [6.45, 7) is 8.22. The number of methoxy groups -OCH3 is 1. The van der Waals surface area contributed by atoms with Crippen LogP contribution < -0.4 is 4.74 Å². The first kappa shape index (κ1) is 24.7. The number of aromatic nitrogens is 3. The molecule has 0 saturated carbocycles. The first-order valence-electron chi connectivity index (χ1n) is 12.1. The van der Waals surface area contributed by atoms with E-state index in [1.165, 1.54) is 12.0 Å². The van der Waals surface area contributed by atoms with Crippen LogP contribution in [0.1, 0.15) is 52.6 Å². The van der Waals surface area contributed by atoms with Crippen molar-refractivity contribution in [2.45, 2.75) is 40.2 Å². The second-order valence-electron chi connectivity index (χ2n) is 8.87. The normalized spacial score (nSPS) is 14.4. The minimum atomic E-state index is -0.532. The van der Waals surface area contributed by atoms with Crippen LogP contribution in [-0.2, 0) is 9.53 Å². The van der Waals surface area contributed by atoms with Gasteiger partial charge in [0.25, 0.3) is 0 Å². The maximum Gasteiger partial charge on any atom is 0.308 e. The summed E-state index contributed by atoms with van der Waals surface area (Å²) in [5, 5.41) is 19.7. The molecule has 0 saturated heterocycles. The van der Waals surface area contributed by atoms with Gasteiger partial charge in [0, 0.05) is 16.0 Å². The third-order valence-electron chi connectivity index (χ3n) is 6.58. The van der Waals surface area contributed by atoms with Crippen LogP contribution in [0.4, 0.5) is 0 Å². The van der Waals surface area contributed by atoms with Gasteiger partial charge >= 0.3 is 5.97 Å². The minimum absolute atomic E-state index is 0.0772. The van der Waals surface area contributed by atoms with E-state index in [2.05, 4.69) is 24.0 Å². The summed E-state index contributed by atoms with van der Waals surface area (Å²) in [5.41, 5.74) is 5.81. The van der Waals surface area contributed by atoms with E-state index in [0.717, 1.165) is 44.4 Å². The van der Waals surface area contributed by atoms with Crippen molar-refractivity contribution in [1.29, 1.82) is 0 Å². The topological polar surface area (TPSA) is 98.8 Å². The van der Waals surface area contributed by atoms with Gasteiger partial charge < -0.3 is 14.6 Å². The van der Waals surface area contributed by atoms with E-state index in [0.29, 0.717) is 18.2 Å². The molecule has 4 aromatic rings. The number of hydrogen-bond donors (Lipinski definition) is 1. The van der Waals surface area contributed by atoms with Crippen molar-refractivity contribution < 1.29 is 19.4 Å². The van der Waals surface area contributed by atoms with E-state index >= 15 is 0 Å². The largest absolute Gasteiger partial charge is 0.504 e. The fraction of sp³-hybridized carbons (Fsp3) is 0.286. The molecule has 0 bridgehead atoms. The number of phenols is 1. The fourth-order valence-corrected chi connectivity index (χ4v) is 5.79. The second-order valence-corrected chi connectivity index (χ2v) is 10.1. The van der Waals surface area contributed by atoms with Gasteiger partial charge in [0.05, 0.1) is 25.8 Å². The van der Waals surface area contributed by atoms with Crippen molar-refractivity contribution in [3.05, 3.63) is 75.7 Å². The lowest BCUT2D eigenvalue weighted by Crippen LogP contribution is -2.13. The molecule has 0 unspecified atom stereocenters. The van der Waals surface area contributed by atoms with E-state index in [9.17, 15) is 9.90 Å². The number of thiophene rings is 1. The number of phenolic OH excluding ortho intramolecular Hbond substituents is 1. The molecule has 190 valence electrons.